The molecule has 2 aromatic rings. The summed E-state index contributed by atoms with van der Waals surface area (Å²) in [5, 5.41) is 12.7. The van der Waals surface area contributed by atoms with Crippen LogP contribution in [-0.2, 0) is 0 Å². The summed E-state index contributed by atoms with van der Waals surface area (Å²) in [7, 11) is 0. The maximum Gasteiger partial charge on any atom is 0.255 e. The van der Waals surface area contributed by atoms with Crippen molar-refractivity contribution in [2.45, 2.75) is 6.92 Å². The third-order valence-corrected chi connectivity index (χ3v) is 3.46. The first-order chi connectivity index (χ1) is 8.97. The van der Waals surface area contributed by atoms with Crippen molar-refractivity contribution < 1.29 is 9.90 Å². The van der Waals surface area contributed by atoms with E-state index in [1.807, 2.05) is 0 Å². The molecule has 19 heavy (non-hydrogen) atoms. The number of aryl methyl sites for hydroxylation is 1. The first kappa shape index (κ1) is 13.9. The minimum atomic E-state index is -0.320. The Morgan fingerprint density at radius 2 is 2.00 bits per heavy atom. The Hall–Kier alpha value is -1.52. The molecule has 0 heterocycles. The second-order valence-electron chi connectivity index (χ2n) is 4.08. The van der Waals surface area contributed by atoms with Crippen LogP contribution in [-0.4, -0.2) is 11.0 Å². The maximum absolute atomic E-state index is 12.0. The van der Waals surface area contributed by atoms with E-state index >= 15 is 0 Å². The largest absolute Gasteiger partial charge is 0.508 e. The summed E-state index contributed by atoms with van der Waals surface area (Å²) >= 11 is 9.32. The molecule has 0 saturated carbocycles. The van der Waals surface area contributed by atoms with Gasteiger partial charge in [0.05, 0.1) is 10.7 Å². The molecule has 0 saturated heterocycles. The zero-order valence-electron chi connectivity index (χ0n) is 10.1. The monoisotopic (exact) mass is 339 g/mol. The maximum atomic E-state index is 12.0. The van der Waals surface area contributed by atoms with Crippen LogP contribution in [0.1, 0.15) is 15.9 Å². The summed E-state index contributed by atoms with van der Waals surface area (Å²) in [6, 6.07) is 9.96. The normalized spacial score (nSPS) is 10.3. The van der Waals surface area contributed by atoms with E-state index in [2.05, 4.69) is 21.2 Å². The molecule has 2 aromatic carbocycles. The number of carbonyl (C=O) groups excluding carboxylic acids is 1. The van der Waals surface area contributed by atoms with Crippen molar-refractivity contribution in [3.05, 3.63) is 57.0 Å². The number of rotatable bonds is 2. The number of amides is 1. The Kier molecular flexibility index (Phi) is 4.12. The van der Waals surface area contributed by atoms with Crippen molar-refractivity contribution in [1.29, 1.82) is 0 Å². The number of aromatic hydroxyl groups is 1. The Bertz CT molecular complexity index is 643. The number of benzene rings is 2. The van der Waals surface area contributed by atoms with Gasteiger partial charge in [-0.1, -0.05) is 33.6 Å². The molecular formula is C14H11BrClNO2. The fourth-order valence-electron chi connectivity index (χ4n) is 1.54. The molecule has 2 N–H and O–H groups in total. The van der Waals surface area contributed by atoms with Crippen molar-refractivity contribution in [1.82, 2.24) is 0 Å². The van der Waals surface area contributed by atoms with Crippen molar-refractivity contribution >= 4 is 39.1 Å². The average molecular weight is 341 g/mol. The zero-order chi connectivity index (χ0) is 14.0. The molecule has 3 nitrogen and oxygen atoms in total. The van der Waals surface area contributed by atoms with E-state index in [1.54, 1.807) is 37.3 Å². The number of halogens is 2. The van der Waals surface area contributed by atoms with E-state index in [1.165, 1.54) is 6.07 Å². The average Bonchev–Trinajstić information content (AvgIpc) is 2.36. The molecule has 0 aliphatic heterocycles. The number of carbonyl (C=O) groups is 1. The quantitative estimate of drug-likeness (QED) is 0.853. The summed E-state index contributed by atoms with van der Waals surface area (Å²) in [4.78, 5) is 12.0. The van der Waals surface area contributed by atoms with Gasteiger partial charge in [-0.05, 0) is 42.8 Å². The van der Waals surface area contributed by atoms with Gasteiger partial charge in [0.15, 0.2) is 0 Å². The van der Waals surface area contributed by atoms with Crippen molar-refractivity contribution in [3.8, 4) is 5.75 Å². The molecule has 0 unspecified atom stereocenters. The van der Waals surface area contributed by atoms with Gasteiger partial charge in [-0.2, -0.15) is 0 Å². The van der Waals surface area contributed by atoms with Gasteiger partial charge >= 0.3 is 0 Å². The molecule has 0 aromatic heterocycles. The standard InChI is InChI=1S/C14H11BrClNO2/c1-8-2-3-9(6-13(8)18)14(19)17-12-5-4-10(15)7-11(12)16/h2-7,18H,1H3,(H,17,19). The lowest BCUT2D eigenvalue weighted by Crippen LogP contribution is -2.12. The summed E-state index contributed by atoms with van der Waals surface area (Å²) in [6.45, 7) is 1.77. The fraction of sp³-hybridized carbons (Fsp3) is 0.0714. The summed E-state index contributed by atoms with van der Waals surface area (Å²) in [6.07, 6.45) is 0. The summed E-state index contributed by atoms with van der Waals surface area (Å²) in [5.74, 6) is -0.228. The second-order valence-corrected chi connectivity index (χ2v) is 5.40. The molecule has 0 bridgehead atoms. The van der Waals surface area contributed by atoms with Crippen LogP contribution in [0.4, 0.5) is 5.69 Å². The lowest BCUT2D eigenvalue weighted by atomic mass is 10.1. The van der Waals surface area contributed by atoms with Crippen molar-refractivity contribution in [3.63, 3.8) is 0 Å². The van der Waals surface area contributed by atoms with Crippen LogP contribution in [0.15, 0.2) is 40.9 Å². The Morgan fingerprint density at radius 1 is 1.26 bits per heavy atom. The topological polar surface area (TPSA) is 49.3 Å². The highest BCUT2D eigenvalue weighted by Crippen LogP contribution is 2.26. The summed E-state index contributed by atoms with van der Waals surface area (Å²) in [5.41, 5.74) is 1.62. The SMILES string of the molecule is Cc1ccc(C(=O)Nc2ccc(Br)cc2Cl)cc1O. The van der Waals surface area contributed by atoms with Crippen LogP contribution in [0.3, 0.4) is 0 Å². The van der Waals surface area contributed by atoms with E-state index in [0.717, 1.165) is 10.0 Å². The highest BCUT2D eigenvalue weighted by Gasteiger charge is 2.10. The third-order valence-electron chi connectivity index (χ3n) is 2.65. The minimum Gasteiger partial charge on any atom is -0.508 e. The molecule has 0 spiro atoms. The number of phenols is 1. The van der Waals surface area contributed by atoms with Gasteiger partial charge in [-0.25, -0.2) is 0 Å². The van der Waals surface area contributed by atoms with E-state index in [-0.39, 0.29) is 11.7 Å². The van der Waals surface area contributed by atoms with Crippen LogP contribution >= 0.6 is 27.5 Å². The lowest BCUT2D eigenvalue weighted by Gasteiger charge is -2.08. The van der Waals surface area contributed by atoms with Crippen molar-refractivity contribution in [2.24, 2.45) is 0 Å². The van der Waals surface area contributed by atoms with Gasteiger partial charge < -0.3 is 10.4 Å². The Balaban J connectivity index is 2.23. The number of hydrogen-bond donors (Lipinski definition) is 2. The number of hydrogen-bond acceptors (Lipinski definition) is 2. The van der Waals surface area contributed by atoms with Gasteiger partial charge in [0, 0.05) is 10.0 Å². The molecule has 0 aliphatic carbocycles. The number of anilines is 1. The molecule has 0 aliphatic rings. The van der Waals surface area contributed by atoms with E-state index in [0.29, 0.717) is 16.3 Å². The van der Waals surface area contributed by atoms with E-state index in [4.69, 9.17) is 11.6 Å². The van der Waals surface area contributed by atoms with E-state index in [9.17, 15) is 9.90 Å². The molecule has 0 atom stereocenters. The predicted molar refractivity (Wildman–Crippen MR) is 79.9 cm³/mol. The first-order valence-electron chi connectivity index (χ1n) is 5.53. The zero-order valence-corrected chi connectivity index (χ0v) is 12.4. The number of phenolic OH excluding ortho intramolecular Hbond substituents is 1. The predicted octanol–water partition coefficient (Wildman–Crippen LogP) is 4.37. The van der Waals surface area contributed by atoms with Crippen LogP contribution in [0.5, 0.6) is 5.75 Å². The van der Waals surface area contributed by atoms with E-state index < -0.39 is 0 Å². The Morgan fingerprint density at radius 3 is 2.63 bits per heavy atom. The lowest BCUT2D eigenvalue weighted by molar-refractivity contribution is 0.102. The minimum absolute atomic E-state index is 0.0922. The van der Waals surface area contributed by atoms with Crippen molar-refractivity contribution in [2.75, 3.05) is 5.32 Å². The molecule has 2 rings (SSSR count). The molecule has 5 heteroatoms. The van der Waals surface area contributed by atoms with Crippen LogP contribution in [0, 0.1) is 6.92 Å². The Labute approximate surface area is 124 Å². The molecular weight excluding hydrogens is 330 g/mol. The first-order valence-corrected chi connectivity index (χ1v) is 6.70. The van der Waals surface area contributed by atoms with Gasteiger partial charge in [0.2, 0.25) is 0 Å². The molecule has 1 amide bonds. The number of nitrogens with one attached hydrogen (secondary N) is 1. The molecule has 0 radical (unpaired) electrons. The second kappa shape index (κ2) is 5.63. The molecule has 0 fully saturated rings. The van der Waals surface area contributed by atoms with Gasteiger partial charge in [0.1, 0.15) is 5.75 Å². The van der Waals surface area contributed by atoms with Gasteiger partial charge in [-0.3, -0.25) is 4.79 Å². The smallest absolute Gasteiger partial charge is 0.255 e. The third kappa shape index (κ3) is 3.28. The highest BCUT2D eigenvalue weighted by atomic mass is 79.9. The van der Waals surface area contributed by atoms with Gasteiger partial charge in [0.25, 0.3) is 5.91 Å². The van der Waals surface area contributed by atoms with Crippen LogP contribution in [0.25, 0.3) is 0 Å². The van der Waals surface area contributed by atoms with Gasteiger partial charge in [-0.15, -0.1) is 0 Å². The highest BCUT2D eigenvalue weighted by molar-refractivity contribution is 9.10. The molecule has 98 valence electrons. The van der Waals surface area contributed by atoms with Crippen LogP contribution < -0.4 is 5.32 Å². The van der Waals surface area contributed by atoms with Crippen LogP contribution in [0.2, 0.25) is 5.02 Å². The fourth-order valence-corrected chi connectivity index (χ4v) is 2.26. The summed E-state index contributed by atoms with van der Waals surface area (Å²) < 4.78 is 0.837.